The largest absolute Gasteiger partial charge is 0.346 e. The number of fused-ring (bicyclic) bond motifs is 1. The minimum Gasteiger partial charge on any atom is -0.346 e. The van der Waals surface area contributed by atoms with Crippen molar-refractivity contribution in [3.63, 3.8) is 0 Å². The van der Waals surface area contributed by atoms with Gasteiger partial charge in [-0.1, -0.05) is 54.6 Å². The van der Waals surface area contributed by atoms with Crippen LogP contribution in [0.2, 0.25) is 0 Å². The van der Waals surface area contributed by atoms with Crippen LogP contribution >= 0.6 is 0 Å². The van der Waals surface area contributed by atoms with Crippen LogP contribution in [0, 0.1) is 13.8 Å². The molecule has 1 saturated carbocycles. The first-order chi connectivity index (χ1) is 19.1. The number of amides is 1. The Bertz CT molecular complexity index is 1560. The number of nitrogens with one attached hydrogen (secondary N) is 1. The molecule has 1 heterocycles. The Morgan fingerprint density at radius 1 is 1.02 bits per heavy atom. The maximum Gasteiger partial charge on any atom is 0.251 e. The minimum atomic E-state index is -0.114. The summed E-state index contributed by atoms with van der Waals surface area (Å²) in [4.78, 5) is 23.7. The number of hydrogen-bond donors (Lipinski definition) is 1. The minimum absolute atomic E-state index is 0.0255. The zero-order valence-corrected chi connectivity index (χ0v) is 24.5. The van der Waals surface area contributed by atoms with Crippen molar-refractivity contribution >= 4 is 22.4 Å². The van der Waals surface area contributed by atoms with Gasteiger partial charge in [-0.3, -0.25) is 4.79 Å². The molecule has 0 spiro atoms. The predicted octanol–water partition coefficient (Wildman–Crippen LogP) is 7.83. The molecule has 208 valence electrons. The molecule has 1 aliphatic carbocycles. The summed E-state index contributed by atoms with van der Waals surface area (Å²) in [6, 6.07) is 23.0. The average molecular weight is 537 g/mol. The topological polar surface area (TPSA) is 52.5 Å². The van der Waals surface area contributed by atoms with Gasteiger partial charge in [-0.25, -0.2) is 9.78 Å². The highest BCUT2D eigenvalue weighted by molar-refractivity contribution is 5.99. The lowest BCUT2D eigenvalue weighted by molar-refractivity contribution is -0.307. The van der Waals surface area contributed by atoms with E-state index in [1.807, 2.05) is 44.2 Å². The summed E-state index contributed by atoms with van der Waals surface area (Å²) < 4.78 is 2.34. The standard InChI is InChI=1S/C35H40N2O3/c1-22(2)28-9-8-10-29(19-28)24(4)36-34(38)30-13-16-33-32(20-30)23(3)25(5)37(33)21-27-11-14-31(15-12-27)35(17-18-35)26(6)40-39-7/h8-16,19-20,24,26H,1,17-18,21H2,2-7H3,(H,36,38)/t24-,26?/m0/s1. The third-order valence-corrected chi connectivity index (χ3v) is 8.81. The molecule has 1 amide bonds. The molecule has 0 saturated heterocycles. The Hall–Kier alpha value is -3.67. The van der Waals surface area contributed by atoms with Crippen LogP contribution in [-0.4, -0.2) is 23.7 Å². The van der Waals surface area contributed by atoms with E-state index in [0.717, 1.165) is 47.0 Å². The second-order valence-electron chi connectivity index (χ2n) is 11.4. The zero-order chi connectivity index (χ0) is 28.6. The molecular weight excluding hydrogens is 496 g/mol. The van der Waals surface area contributed by atoms with Gasteiger partial charge in [0.15, 0.2) is 0 Å². The SMILES string of the molecule is C=C(C)c1cccc([C@H](C)NC(=O)c2ccc3c(c2)c(C)c(C)n3Cc2ccc(C3(C(C)OOC)CC3)cc2)c1. The van der Waals surface area contributed by atoms with E-state index in [9.17, 15) is 4.79 Å². The van der Waals surface area contributed by atoms with Crippen molar-refractivity contribution < 1.29 is 14.6 Å². The molecule has 1 N–H and O–H groups in total. The Morgan fingerprint density at radius 3 is 2.40 bits per heavy atom. The fourth-order valence-corrected chi connectivity index (χ4v) is 5.86. The van der Waals surface area contributed by atoms with Crippen LogP contribution in [0.15, 0.2) is 73.3 Å². The Balaban J connectivity index is 1.34. The van der Waals surface area contributed by atoms with Crippen LogP contribution in [-0.2, 0) is 21.7 Å². The van der Waals surface area contributed by atoms with Crippen molar-refractivity contribution in [2.24, 2.45) is 0 Å². The number of carbonyl (C=O) groups is 1. The zero-order valence-electron chi connectivity index (χ0n) is 24.5. The summed E-state index contributed by atoms with van der Waals surface area (Å²) >= 11 is 0. The molecule has 0 bridgehead atoms. The van der Waals surface area contributed by atoms with E-state index in [0.29, 0.717) is 5.56 Å². The van der Waals surface area contributed by atoms with Crippen LogP contribution in [0.5, 0.6) is 0 Å². The molecule has 1 unspecified atom stereocenters. The maximum atomic E-state index is 13.2. The Morgan fingerprint density at radius 2 is 1.75 bits per heavy atom. The summed E-state index contributed by atoms with van der Waals surface area (Å²) in [5, 5.41) is 4.28. The highest BCUT2D eigenvalue weighted by atomic mass is 17.2. The molecule has 1 fully saturated rings. The normalized spacial score (nSPS) is 15.6. The van der Waals surface area contributed by atoms with Gasteiger partial charge >= 0.3 is 0 Å². The summed E-state index contributed by atoms with van der Waals surface area (Å²) in [6.45, 7) is 15.2. The van der Waals surface area contributed by atoms with E-state index < -0.39 is 0 Å². The Labute approximate surface area is 237 Å². The molecule has 0 radical (unpaired) electrons. The fraction of sp³-hybridized carbons (Fsp3) is 0.343. The highest BCUT2D eigenvalue weighted by Crippen LogP contribution is 2.52. The summed E-state index contributed by atoms with van der Waals surface area (Å²) in [7, 11) is 1.57. The van der Waals surface area contributed by atoms with E-state index in [1.165, 1.54) is 22.4 Å². The number of aromatic nitrogens is 1. The van der Waals surface area contributed by atoms with Gasteiger partial charge in [0.2, 0.25) is 0 Å². The van der Waals surface area contributed by atoms with Crippen LogP contribution in [0.25, 0.3) is 16.5 Å². The fourth-order valence-electron chi connectivity index (χ4n) is 5.86. The van der Waals surface area contributed by atoms with Crippen molar-refractivity contribution in [3.05, 3.63) is 112 Å². The lowest BCUT2D eigenvalue weighted by atomic mass is 9.90. The number of nitrogens with zero attached hydrogens (tertiary/aromatic N) is 1. The molecule has 5 rings (SSSR count). The van der Waals surface area contributed by atoms with Crippen molar-refractivity contribution in [1.82, 2.24) is 9.88 Å². The van der Waals surface area contributed by atoms with E-state index in [1.54, 1.807) is 7.11 Å². The third-order valence-electron chi connectivity index (χ3n) is 8.81. The molecule has 40 heavy (non-hydrogen) atoms. The van der Waals surface area contributed by atoms with Crippen LogP contribution in [0.3, 0.4) is 0 Å². The van der Waals surface area contributed by atoms with Crippen molar-refractivity contribution in [3.8, 4) is 0 Å². The quantitative estimate of drug-likeness (QED) is 0.166. The first kappa shape index (κ1) is 27.9. The van der Waals surface area contributed by atoms with Gasteiger partial charge in [-0.2, -0.15) is 0 Å². The van der Waals surface area contributed by atoms with Gasteiger partial charge in [0.05, 0.1) is 19.3 Å². The van der Waals surface area contributed by atoms with Gasteiger partial charge in [0, 0.05) is 34.1 Å². The molecule has 2 atom stereocenters. The lowest BCUT2D eigenvalue weighted by Crippen LogP contribution is -2.26. The number of benzene rings is 3. The van der Waals surface area contributed by atoms with Crippen LogP contribution in [0.1, 0.15) is 83.5 Å². The molecule has 4 aromatic rings. The van der Waals surface area contributed by atoms with E-state index in [-0.39, 0.29) is 23.5 Å². The van der Waals surface area contributed by atoms with Gasteiger partial charge in [-0.15, -0.1) is 0 Å². The number of rotatable bonds is 10. The second-order valence-corrected chi connectivity index (χ2v) is 11.4. The third kappa shape index (κ3) is 5.24. The summed E-state index contributed by atoms with van der Waals surface area (Å²) in [5.74, 6) is -0.0730. The van der Waals surface area contributed by atoms with Crippen molar-refractivity contribution in [1.29, 1.82) is 0 Å². The first-order valence-corrected chi connectivity index (χ1v) is 14.1. The second kappa shape index (κ2) is 11.1. The Kier molecular flexibility index (Phi) is 7.72. The molecule has 3 aromatic carbocycles. The smallest absolute Gasteiger partial charge is 0.251 e. The van der Waals surface area contributed by atoms with Crippen molar-refractivity contribution in [2.45, 2.75) is 71.6 Å². The number of aryl methyl sites for hydroxylation is 1. The van der Waals surface area contributed by atoms with Crippen LogP contribution < -0.4 is 5.32 Å². The number of hydrogen-bond acceptors (Lipinski definition) is 3. The molecular formula is C35H40N2O3. The average Bonchev–Trinajstić information content (AvgIpc) is 3.74. The summed E-state index contributed by atoms with van der Waals surface area (Å²) in [5.41, 5.74) is 9.98. The van der Waals surface area contributed by atoms with E-state index in [2.05, 4.69) is 73.6 Å². The first-order valence-electron chi connectivity index (χ1n) is 14.1. The van der Waals surface area contributed by atoms with Crippen molar-refractivity contribution in [2.75, 3.05) is 7.11 Å². The number of carbonyl (C=O) groups excluding carboxylic acids is 1. The summed E-state index contributed by atoms with van der Waals surface area (Å²) in [6.07, 6.45) is 2.26. The van der Waals surface area contributed by atoms with Crippen LogP contribution in [0.4, 0.5) is 0 Å². The predicted molar refractivity (Wildman–Crippen MR) is 162 cm³/mol. The molecule has 1 aromatic heterocycles. The molecule has 5 heteroatoms. The van der Waals surface area contributed by atoms with Gasteiger partial charge in [-0.05, 0) is 99.5 Å². The molecule has 0 aliphatic heterocycles. The van der Waals surface area contributed by atoms with Gasteiger partial charge < -0.3 is 9.88 Å². The monoisotopic (exact) mass is 536 g/mol. The maximum absolute atomic E-state index is 13.2. The highest BCUT2D eigenvalue weighted by Gasteiger charge is 2.50. The van der Waals surface area contributed by atoms with Gasteiger partial charge in [0.1, 0.15) is 0 Å². The molecule has 5 nitrogen and oxygen atoms in total. The lowest BCUT2D eigenvalue weighted by Gasteiger charge is -2.22. The molecule has 1 aliphatic rings. The van der Waals surface area contributed by atoms with E-state index in [4.69, 9.17) is 9.78 Å². The van der Waals surface area contributed by atoms with Gasteiger partial charge in [0.25, 0.3) is 5.91 Å². The van der Waals surface area contributed by atoms with E-state index >= 15 is 0 Å². The number of allylic oxidation sites excluding steroid dienone is 1.